The summed E-state index contributed by atoms with van der Waals surface area (Å²) in [5.74, 6) is 0.287. The Morgan fingerprint density at radius 2 is 2.33 bits per heavy atom. The maximum atomic E-state index is 11.5. The van der Waals surface area contributed by atoms with Gasteiger partial charge in [0.25, 0.3) is 5.69 Å². The smallest absolute Gasteiger partial charge is 0.276 e. The normalized spacial score (nSPS) is 19.5. The molecule has 1 saturated heterocycles. The van der Waals surface area contributed by atoms with Gasteiger partial charge in [-0.15, -0.1) is 0 Å². The highest BCUT2D eigenvalue weighted by atomic mass is 16.6. The van der Waals surface area contributed by atoms with E-state index in [1.807, 2.05) is 0 Å². The Kier molecular flexibility index (Phi) is 3.00. The van der Waals surface area contributed by atoms with Crippen LogP contribution in [-0.2, 0) is 4.79 Å². The van der Waals surface area contributed by atoms with Crippen LogP contribution in [0.3, 0.4) is 0 Å². The van der Waals surface area contributed by atoms with Gasteiger partial charge in [0, 0.05) is 13.1 Å². The maximum Gasteiger partial charge on any atom is 0.276 e. The lowest BCUT2D eigenvalue weighted by Crippen LogP contribution is -2.54. The second-order valence-corrected chi connectivity index (χ2v) is 4.03. The predicted molar refractivity (Wildman–Crippen MR) is 65.1 cm³/mol. The topological polar surface area (TPSA) is 114 Å². The molecule has 96 valence electrons. The number of carbonyl (C=O) groups excluding carboxylic acids is 1. The summed E-state index contributed by atoms with van der Waals surface area (Å²) in [4.78, 5) is 27.5. The minimum Gasteiger partial charge on any atom is -0.383 e. The molecule has 1 unspecified atom stereocenters. The van der Waals surface area contributed by atoms with Crippen molar-refractivity contribution in [3.8, 4) is 0 Å². The Morgan fingerprint density at radius 3 is 3.00 bits per heavy atom. The number of hydrogen-bond donors (Lipinski definition) is 2. The highest BCUT2D eigenvalue weighted by Crippen LogP contribution is 2.23. The van der Waals surface area contributed by atoms with Crippen LogP contribution in [-0.4, -0.2) is 34.9 Å². The Labute approximate surface area is 103 Å². The molecule has 1 aromatic heterocycles. The Bertz CT molecular complexity index is 504. The molecule has 1 aromatic rings. The Balaban J connectivity index is 2.38. The summed E-state index contributed by atoms with van der Waals surface area (Å²) in [5, 5.41) is 13.5. The van der Waals surface area contributed by atoms with E-state index in [0.717, 1.165) is 0 Å². The van der Waals surface area contributed by atoms with Gasteiger partial charge in [-0.05, 0) is 6.92 Å². The quantitative estimate of drug-likeness (QED) is 0.560. The van der Waals surface area contributed by atoms with E-state index in [4.69, 9.17) is 5.73 Å². The standard InChI is InChI=1S/C10H13N5O3/c1-6-10(16)12-2-3-14(6)9-5-7(15(17)18)4-8(11)13-9/h4-6H,2-3H2,1H3,(H2,11,13)(H,12,16). The maximum absolute atomic E-state index is 11.5. The lowest BCUT2D eigenvalue weighted by molar-refractivity contribution is -0.384. The molecule has 8 heteroatoms. The summed E-state index contributed by atoms with van der Waals surface area (Å²) in [7, 11) is 0. The SMILES string of the molecule is CC1C(=O)NCCN1c1cc([N+](=O)[O-])cc(N)n1. The number of aromatic nitrogens is 1. The second-order valence-electron chi connectivity index (χ2n) is 4.03. The summed E-state index contributed by atoms with van der Waals surface area (Å²) in [6, 6.07) is 2.09. The van der Waals surface area contributed by atoms with E-state index in [-0.39, 0.29) is 17.4 Å². The van der Waals surface area contributed by atoms with E-state index in [1.54, 1.807) is 11.8 Å². The van der Waals surface area contributed by atoms with Gasteiger partial charge in [0.1, 0.15) is 17.7 Å². The summed E-state index contributed by atoms with van der Waals surface area (Å²) >= 11 is 0. The minimum absolute atomic E-state index is 0.0670. The van der Waals surface area contributed by atoms with Crippen LogP contribution < -0.4 is 16.0 Å². The van der Waals surface area contributed by atoms with Gasteiger partial charge < -0.3 is 16.0 Å². The first-order valence-corrected chi connectivity index (χ1v) is 5.45. The van der Waals surface area contributed by atoms with Gasteiger partial charge in [0.05, 0.1) is 17.1 Å². The molecule has 2 heterocycles. The molecule has 1 aliphatic rings. The summed E-state index contributed by atoms with van der Waals surface area (Å²) < 4.78 is 0. The zero-order chi connectivity index (χ0) is 13.3. The number of nitrogens with zero attached hydrogens (tertiary/aromatic N) is 3. The van der Waals surface area contributed by atoms with Crippen LogP contribution in [0.1, 0.15) is 6.92 Å². The molecule has 3 N–H and O–H groups in total. The average Bonchev–Trinajstić information content (AvgIpc) is 2.31. The first kappa shape index (κ1) is 12.1. The fraction of sp³-hybridized carbons (Fsp3) is 0.400. The van der Waals surface area contributed by atoms with Gasteiger partial charge in [0.2, 0.25) is 5.91 Å². The Hall–Kier alpha value is -2.38. The first-order valence-electron chi connectivity index (χ1n) is 5.45. The number of nitrogens with one attached hydrogen (secondary N) is 1. The highest BCUT2D eigenvalue weighted by Gasteiger charge is 2.27. The molecule has 0 spiro atoms. The highest BCUT2D eigenvalue weighted by molar-refractivity contribution is 5.85. The number of carbonyl (C=O) groups is 1. The van der Waals surface area contributed by atoms with E-state index < -0.39 is 11.0 Å². The monoisotopic (exact) mass is 251 g/mol. The molecule has 1 atom stereocenters. The van der Waals surface area contributed by atoms with Crippen molar-refractivity contribution in [3.05, 3.63) is 22.2 Å². The van der Waals surface area contributed by atoms with Crippen LogP contribution in [0.15, 0.2) is 12.1 Å². The predicted octanol–water partition coefficient (Wildman–Crippen LogP) is -0.103. The van der Waals surface area contributed by atoms with Crippen LogP contribution in [0.2, 0.25) is 0 Å². The minimum atomic E-state index is -0.532. The number of amides is 1. The molecular weight excluding hydrogens is 238 g/mol. The van der Waals surface area contributed by atoms with Crippen molar-refractivity contribution in [1.82, 2.24) is 10.3 Å². The summed E-state index contributed by atoms with van der Waals surface area (Å²) in [6.45, 7) is 2.74. The fourth-order valence-electron chi connectivity index (χ4n) is 1.87. The van der Waals surface area contributed by atoms with Crippen molar-refractivity contribution in [2.75, 3.05) is 23.7 Å². The summed E-state index contributed by atoms with van der Waals surface area (Å²) in [6.07, 6.45) is 0. The number of rotatable bonds is 2. The molecule has 8 nitrogen and oxygen atoms in total. The van der Waals surface area contributed by atoms with E-state index in [9.17, 15) is 14.9 Å². The van der Waals surface area contributed by atoms with Crippen molar-refractivity contribution < 1.29 is 9.72 Å². The second kappa shape index (κ2) is 4.47. The van der Waals surface area contributed by atoms with Crippen molar-refractivity contribution in [2.45, 2.75) is 13.0 Å². The molecule has 2 rings (SSSR count). The van der Waals surface area contributed by atoms with Gasteiger partial charge in [0.15, 0.2) is 0 Å². The number of piperazine rings is 1. The van der Waals surface area contributed by atoms with Crippen LogP contribution in [0.5, 0.6) is 0 Å². The van der Waals surface area contributed by atoms with Crippen molar-refractivity contribution in [3.63, 3.8) is 0 Å². The van der Waals surface area contributed by atoms with Crippen LogP contribution in [0, 0.1) is 10.1 Å². The lowest BCUT2D eigenvalue weighted by Gasteiger charge is -2.33. The van der Waals surface area contributed by atoms with Crippen LogP contribution >= 0.6 is 0 Å². The third-order valence-electron chi connectivity index (χ3n) is 2.82. The molecule has 0 saturated carbocycles. The van der Waals surface area contributed by atoms with Gasteiger partial charge in [-0.3, -0.25) is 14.9 Å². The first-order chi connectivity index (χ1) is 8.49. The van der Waals surface area contributed by atoms with Gasteiger partial charge in [-0.1, -0.05) is 0 Å². The van der Waals surface area contributed by atoms with Crippen LogP contribution in [0.25, 0.3) is 0 Å². The zero-order valence-corrected chi connectivity index (χ0v) is 9.79. The molecule has 18 heavy (non-hydrogen) atoms. The number of nitro groups is 1. The van der Waals surface area contributed by atoms with E-state index in [0.29, 0.717) is 18.9 Å². The van der Waals surface area contributed by atoms with Crippen molar-refractivity contribution in [2.24, 2.45) is 0 Å². The van der Waals surface area contributed by atoms with Gasteiger partial charge in [-0.25, -0.2) is 4.98 Å². The van der Waals surface area contributed by atoms with Crippen LogP contribution in [0.4, 0.5) is 17.3 Å². The van der Waals surface area contributed by atoms with Crippen molar-refractivity contribution >= 4 is 23.2 Å². The van der Waals surface area contributed by atoms with Crippen molar-refractivity contribution in [1.29, 1.82) is 0 Å². The molecule has 1 amide bonds. The molecular formula is C10H13N5O3. The molecule has 1 aliphatic heterocycles. The average molecular weight is 251 g/mol. The number of pyridine rings is 1. The van der Waals surface area contributed by atoms with E-state index >= 15 is 0 Å². The molecule has 0 aromatic carbocycles. The summed E-state index contributed by atoms with van der Waals surface area (Å²) in [5.41, 5.74) is 5.41. The molecule has 1 fully saturated rings. The number of nitrogens with two attached hydrogens (primary N) is 1. The van der Waals surface area contributed by atoms with Gasteiger partial charge >= 0.3 is 0 Å². The third-order valence-corrected chi connectivity index (χ3v) is 2.82. The third kappa shape index (κ3) is 2.17. The van der Waals surface area contributed by atoms with Gasteiger partial charge in [-0.2, -0.15) is 0 Å². The molecule has 0 bridgehead atoms. The fourth-order valence-corrected chi connectivity index (χ4v) is 1.87. The molecule has 0 radical (unpaired) electrons. The Morgan fingerprint density at radius 1 is 1.61 bits per heavy atom. The lowest BCUT2D eigenvalue weighted by atomic mass is 10.2. The largest absolute Gasteiger partial charge is 0.383 e. The van der Waals surface area contributed by atoms with E-state index in [2.05, 4.69) is 10.3 Å². The number of nitrogen functional groups attached to an aromatic ring is 1. The number of hydrogen-bond acceptors (Lipinski definition) is 6. The molecule has 0 aliphatic carbocycles. The number of anilines is 2. The zero-order valence-electron chi connectivity index (χ0n) is 9.79. The van der Waals surface area contributed by atoms with E-state index in [1.165, 1.54) is 12.1 Å².